The number of piperazine rings is 1. The second kappa shape index (κ2) is 9.67. The van der Waals surface area contributed by atoms with Crippen molar-refractivity contribution in [3.8, 4) is 0 Å². The second-order valence-electron chi connectivity index (χ2n) is 6.78. The Hall–Kier alpha value is -1.18. The largest absolute Gasteiger partial charge is 0.334 e. The van der Waals surface area contributed by atoms with Crippen molar-refractivity contribution in [3.63, 3.8) is 0 Å². The molecule has 2 aromatic rings. The van der Waals surface area contributed by atoms with Crippen LogP contribution in [0, 0.1) is 0 Å². The summed E-state index contributed by atoms with van der Waals surface area (Å²) in [6, 6.07) is 10.5. The highest BCUT2D eigenvalue weighted by atomic mass is 35.5. The van der Waals surface area contributed by atoms with E-state index in [0.29, 0.717) is 18.8 Å². The zero-order valence-electron chi connectivity index (χ0n) is 15.1. The first-order chi connectivity index (χ1) is 11.5. The lowest BCUT2D eigenvalue weighted by molar-refractivity contribution is 0.0136. The van der Waals surface area contributed by atoms with E-state index in [-0.39, 0.29) is 36.3 Å². The van der Waals surface area contributed by atoms with Gasteiger partial charge in [-0.1, -0.05) is 30.3 Å². The van der Waals surface area contributed by atoms with Crippen LogP contribution in [0.1, 0.15) is 34.9 Å². The van der Waals surface area contributed by atoms with Crippen LogP contribution in [-0.4, -0.2) is 45.9 Å². The van der Waals surface area contributed by atoms with E-state index < -0.39 is 0 Å². The average molecular weight is 417 g/mol. The predicted octanol–water partition coefficient (Wildman–Crippen LogP) is 3.18. The normalized spacial score (nSPS) is 16.5. The topological polar surface area (TPSA) is 62.5 Å². The number of nitrogens with two attached hydrogens (primary N) is 1. The van der Waals surface area contributed by atoms with Crippen molar-refractivity contribution in [2.45, 2.75) is 32.5 Å². The number of carbonyl (C=O) groups excluding carboxylic acids is 1. The molecule has 26 heavy (non-hydrogen) atoms. The van der Waals surface area contributed by atoms with Gasteiger partial charge >= 0.3 is 0 Å². The Morgan fingerprint density at radius 1 is 1.23 bits per heavy atom. The van der Waals surface area contributed by atoms with Gasteiger partial charge < -0.3 is 10.6 Å². The van der Waals surface area contributed by atoms with Gasteiger partial charge in [-0.3, -0.25) is 9.69 Å². The lowest BCUT2D eigenvalue weighted by Gasteiger charge is -2.47. The summed E-state index contributed by atoms with van der Waals surface area (Å²) in [6.07, 6.45) is 0. The summed E-state index contributed by atoms with van der Waals surface area (Å²) in [5, 5.41) is 2.62. The van der Waals surface area contributed by atoms with Crippen LogP contribution in [0.25, 0.3) is 0 Å². The maximum atomic E-state index is 12.7. The van der Waals surface area contributed by atoms with Crippen LogP contribution in [0.5, 0.6) is 0 Å². The van der Waals surface area contributed by atoms with Gasteiger partial charge in [0.1, 0.15) is 10.7 Å². The third-order valence-corrected chi connectivity index (χ3v) is 5.39. The number of rotatable bonds is 4. The third kappa shape index (κ3) is 5.18. The fourth-order valence-corrected chi connectivity index (χ4v) is 3.77. The summed E-state index contributed by atoms with van der Waals surface area (Å²) in [4.78, 5) is 21.4. The monoisotopic (exact) mass is 416 g/mol. The van der Waals surface area contributed by atoms with E-state index in [0.717, 1.165) is 24.6 Å². The number of nitrogens with zero attached hydrogens (tertiary/aromatic N) is 3. The SMILES string of the molecule is CC1(C)CN(C(=O)c2csc(CN)n2)CCN1Cc1ccccc1.Cl.Cl. The number of thiazole rings is 1. The number of aromatic nitrogens is 1. The van der Waals surface area contributed by atoms with E-state index in [9.17, 15) is 4.79 Å². The molecule has 0 aliphatic carbocycles. The molecule has 1 aliphatic heterocycles. The van der Waals surface area contributed by atoms with Crippen LogP contribution in [-0.2, 0) is 13.1 Å². The van der Waals surface area contributed by atoms with Crippen molar-refractivity contribution in [3.05, 3.63) is 52.0 Å². The van der Waals surface area contributed by atoms with Gasteiger partial charge in [-0.05, 0) is 19.4 Å². The van der Waals surface area contributed by atoms with Crippen LogP contribution in [0.2, 0.25) is 0 Å². The molecule has 0 spiro atoms. The highest BCUT2D eigenvalue weighted by molar-refractivity contribution is 7.09. The lowest BCUT2D eigenvalue weighted by atomic mass is 9.97. The molecule has 0 unspecified atom stereocenters. The number of benzene rings is 1. The van der Waals surface area contributed by atoms with Crippen LogP contribution >= 0.6 is 36.2 Å². The zero-order chi connectivity index (χ0) is 17.2. The summed E-state index contributed by atoms with van der Waals surface area (Å²) < 4.78 is 0. The van der Waals surface area contributed by atoms with Crippen molar-refractivity contribution in [2.24, 2.45) is 5.73 Å². The quantitative estimate of drug-likeness (QED) is 0.830. The Balaban J connectivity index is 0.00000169. The number of amides is 1. The van der Waals surface area contributed by atoms with Gasteiger partial charge in [0.05, 0.1) is 0 Å². The smallest absolute Gasteiger partial charge is 0.273 e. The summed E-state index contributed by atoms with van der Waals surface area (Å²) in [5.74, 6) is 0.0124. The Kier molecular flexibility index (Phi) is 8.50. The van der Waals surface area contributed by atoms with Gasteiger partial charge in [-0.15, -0.1) is 36.2 Å². The van der Waals surface area contributed by atoms with Crippen LogP contribution in [0.4, 0.5) is 0 Å². The molecular formula is C18H26Cl2N4OS. The number of hydrogen-bond acceptors (Lipinski definition) is 5. The average Bonchev–Trinajstić information content (AvgIpc) is 3.06. The minimum atomic E-state index is -0.0729. The second-order valence-corrected chi connectivity index (χ2v) is 7.72. The number of halogens is 2. The number of hydrogen-bond donors (Lipinski definition) is 1. The highest BCUT2D eigenvalue weighted by Crippen LogP contribution is 2.24. The first-order valence-corrected chi connectivity index (χ1v) is 9.10. The molecule has 0 atom stereocenters. The Morgan fingerprint density at radius 2 is 1.92 bits per heavy atom. The van der Waals surface area contributed by atoms with Crippen LogP contribution < -0.4 is 5.73 Å². The minimum Gasteiger partial charge on any atom is -0.334 e. The van der Waals surface area contributed by atoms with Crippen molar-refractivity contribution in [2.75, 3.05) is 19.6 Å². The molecule has 1 aromatic carbocycles. The third-order valence-electron chi connectivity index (χ3n) is 4.52. The first kappa shape index (κ1) is 22.9. The van der Waals surface area contributed by atoms with Crippen molar-refractivity contribution >= 4 is 42.1 Å². The number of carbonyl (C=O) groups is 1. The molecule has 1 aromatic heterocycles. The van der Waals surface area contributed by atoms with Gasteiger partial charge in [0.15, 0.2) is 0 Å². The van der Waals surface area contributed by atoms with Gasteiger partial charge in [0.2, 0.25) is 0 Å². The first-order valence-electron chi connectivity index (χ1n) is 8.22. The van der Waals surface area contributed by atoms with Crippen molar-refractivity contribution < 1.29 is 4.79 Å². The van der Waals surface area contributed by atoms with Crippen molar-refractivity contribution in [1.82, 2.24) is 14.8 Å². The van der Waals surface area contributed by atoms with E-state index in [1.807, 2.05) is 16.3 Å². The standard InChI is InChI=1S/C18H24N4OS.2ClH/c1-18(2)13-21(17(23)15-12-24-16(10-19)20-15)8-9-22(18)11-14-6-4-3-5-7-14;;/h3-7,12H,8-11,13,19H2,1-2H3;2*1H. The maximum Gasteiger partial charge on any atom is 0.273 e. The molecule has 3 rings (SSSR count). The van der Waals surface area contributed by atoms with Gasteiger partial charge in [0, 0.05) is 43.6 Å². The van der Waals surface area contributed by atoms with Gasteiger partial charge in [-0.2, -0.15) is 0 Å². The minimum absolute atomic E-state index is 0. The fraction of sp³-hybridized carbons (Fsp3) is 0.444. The van der Waals surface area contributed by atoms with Gasteiger partial charge in [-0.25, -0.2) is 4.98 Å². The van der Waals surface area contributed by atoms with E-state index in [1.54, 1.807) is 0 Å². The van der Waals surface area contributed by atoms with E-state index in [2.05, 4.69) is 48.0 Å². The molecule has 5 nitrogen and oxygen atoms in total. The highest BCUT2D eigenvalue weighted by Gasteiger charge is 2.36. The summed E-state index contributed by atoms with van der Waals surface area (Å²) in [7, 11) is 0. The van der Waals surface area contributed by atoms with Gasteiger partial charge in [0.25, 0.3) is 5.91 Å². The molecule has 1 saturated heterocycles. The molecule has 144 valence electrons. The van der Waals surface area contributed by atoms with Crippen LogP contribution in [0.15, 0.2) is 35.7 Å². The molecule has 0 bridgehead atoms. The summed E-state index contributed by atoms with van der Waals surface area (Å²) in [6.45, 7) is 7.97. The molecule has 0 radical (unpaired) electrons. The van der Waals surface area contributed by atoms with E-state index >= 15 is 0 Å². The Bertz CT molecular complexity index is 708. The zero-order valence-corrected chi connectivity index (χ0v) is 17.5. The molecule has 0 saturated carbocycles. The van der Waals surface area contributed by atoms with E-state index in [4.69, 9.17) is 5.73 Å². The Morgan fingerprint density at radius 3 is 2.50 bits per heavy atom. The molecule has 2 heterocycles. The lowest BCUT2D eigenvalue weighted by Crippen LogP contribution is -2.60. The molecule has 1 aliphatic rings. The maximum absolute atomic E-state index is 12.7. The molecule has 2 N–H and O–H groups in total. The fourth-order valence-electron chi connectivity index (χ4n) is 3.13. The predicted molar refractivity (Wildman–Crippen MR) is 111 cm³/mol. The van der Waals surface area contributed by atoms with E-state index in [1.165, 1.54) is 16.9 Å². The molecule has 8 heteroatoms. The Labute approximate surface area is 171 Å². The molecular weight excluding hydrogens is 391 g/mol. The summed E-state index contributed by atoms with van der Waals surface area (Å²) in [5.41, 5.74) is 7.34. The van der Waals surface area contributed by atoms with Crippen molar-refractivity contribution in [1.29, 1.82) is 0 Å². The summed E-state index contributed by atoms with van der Waals surface area (Å²) >= 11 is 1.45. The molecule has 1 amide bonds. The van der Waals surface area contributed by atoms with Crippen LogP contribution in [0.3, 0.4) is 0 Å². The molecule has 1 fully saturated rings.